The van der Waals surface area contributed by atoms with Gasteiger partial charge in [0.15, 0.2) is 0 Å². The summed E-state index contributed by atoms with van der Waals surface area (Å²) in [6.07, 6.45) is 2.03. The van der Waals surface area contributed by atoms with Crippen LogP contribution in [-0.2, 0) is 11.3 Å². The lowest BCUT2D eigenvalue weighted by molar-refractivity contribution is -0.117. The van der Waals surface area contributed by atoms with Gasteiger partial charge in [0, 0.05) is 5.69 Å². The second-order valence-electron chi connectivity index (χ2n) is 7.17. The number of benzene rings is 1. The van der Waals surface area contributed by atoms with Crippen LogP contribution in [0.1, 0.15) is 51.0 Å². The topological polar surface area (TPSA) is 71.3 Å². The van der Waals surface area contributed by atoms with Crippen LogP contribution in [-0.4, -0.2) is 34.1 Å². The molecule has 154 valence electrons. The summed E-state index contributed by atoms with van der Waals surface area (Å²) in [6.45, 7) is 7.97. The normalized spacial score (nSPS) is 12.3. The number of thiophene rings is 1. The van der Waals surface area contributed by atoms with Gasteiger partial charge in [-0.3, -0.25) is 9.69 Å². The SMILES string of the molecule is CCCN(CC(=O)Nc1ccc([C@@H](C)CC)cc1)Cc1nnc(-c2cccs2)o1. The van der Waals surface area contributed by atoms with Crippen LogP contribution in [0.2, 0.25) is 0 Å². The number of carbonyl (C=O) groups is 1. The number of nitrogens with one attached hydrogen (secondary N) is 1. The highest BCUT2D eigenvalue weighted by atomic mass is 32.1. The van der Waals surface area contributed by atoms with E-state index in [1.165, 1.54) is 5.56 Å². The van der Waals surface area contributed by atoms with Crippen molar-refractivity contribution in [3.63, 3.8) is 0 Å². The third-order valence-corrected chi connectivity index (χ3v) is 5.70. The molecule has 0 saturated carbocycles. The van der Waals surface area contributed by atoms with Crippen molar-refractivity contribution in [1.82, 2.24) is 15.1 Å². The van der Waals surface area contributed by atoms with Crippen LogP contribution in [0.3, 0.4) is 0 Å². The number of amides is 1. The highest BCUT2D eigenvalue weighted by molar-refractivity contribution is 7.13. The van der Waals surface area contributed by atoms with Crippen molar-refractivity contribution in [3.05, 3.63) is 53.2 Å². The maximum atomic E-state index is 12.5. The van der Waals surface area contributed by atoms with Crippen molar-refractivity contribution in [2.75, 3.05) is 18.4 Å². The Morgan fingerprint density at radius 2 is 2.00 bits per heavy atom. The van der Waals surface area contributed by atoms with E-state index in [9.17, 15) is 4.79 Å². The fraction of sp³-hybridized carbons (Fsp3) is 0.409. The molecule has 0 fully saturated rings. The Balaban J connectivity index is 1.57. The zero-order chi connectivity index (χ0) is 20.6. The Hall–Kier alpha value is -2.51. The van der Waals surface area contributed by atoms with Gasteiger partial charge in [-0.05, 0) is 54.4 Å². The number of rotatable bonds is 10. The van der Waals surface area contributed by atoms with Crippen molar-refractivity contribution in [2.45, 2.75) is 46.1 Å². The number of anilines is 1. The predicted molar refractivity (Wildman–Crippen MR) is 117 cm³/mol. The number of hydrogen-bond donors (Lipinski definition) is 1. The van der Waals surface area contributed by atoms with E-state index in [1.807, 2.05) is 34.5 Å². The average molecular weight is 413 g/mol. The molecule has 2 aromatic heterocycles. The van der Waals surface area contributed by atoms with Gasteiger partial charge in [0.05, 0.1) is 18.0 Å². The van der Waals surface area contributed by atoms with Crippen LogP contribution >= 0.6 is 11.3 Å². The van der Waals surface area contributed by atoms with E-state index >= 15 is 0 Å². The Labute approximate surface area is 176 Å². The van der Waals surface area contributed by atoms with Gasteiger partial charge in [0.2, 0.25) is 11.8 Å². The van der Waals surface area contributed by atoms with E-state index in [2.05, 4.69) is 48.4 Å². The maximum absolute atomic E-state index is 12.5. The predicted octanol–water partition coefficient (Wildman–Crippen LogP) is 5.16. The highest BCUT2D eigenvalue weighted by Gasteiger charge is 2.16. The molecule has 0 spiro atoms. The van der Waals surface area contributed by atoms with Crippen LogP contribution in [0.5, 0.6) is 0 Å². The van der Waals surface area contributed by atoms with Gasteiger partial charge in [0.1, 0.15) is 0 Å². The molecule has 3 rings (SSSR count). The van der Waals surface area contributed by atoms with Gasteiger partial charge in [-0.25, -0.2) is 0 Å². The minimum absolute atomic E-state index is 0.0484. The van der Waals surface area contributed by atoms with Crippen LogP contribution < -0.4 is 5.32 Å². The van der Waals surface area contributed by atoms with E-state index in [0.29, 0.717) is 24.2 Å². The molecule has 7 heteroatoms. The summed E-state index contributed by atoms with van der Waals surface area (Å²) in [5.41, 5.74) is 2.10. The van der Waals surface area contributed by atoms with Gasteiger partial charge < -0.3 is 9.73 Å². The largest absolute Gasteiger partial charge is 0.419 e. The first-order chi connectivity index (χ1) is 14.1. The van der Waals surface area contributed by atoms with E-state index in [-0.39, 0.29) is 12.5 Å². The fourth-order valence-electron chi connectivity index (χ4n) is 3.07. The second-order valence-corrected chi connectivity index (χ2v) is 8.12. The molecule has 1 amide bonds. The van der Waals surface area contributed by atoms with E-state index < -0.39 is 0 Å². The molecule has 1 aromatic carbocycles. The first-order valence-corrected chi connectivity index (χ1v) is 11.0. The molecule has 0 saturated heterocycles. The third-order valence-electron chi connectivity index (χ3n) is 4.84. The van der Waals surface area contributed by atoms with Crippen molar-refractivity contribution < 1.29 is 9.21 Å². The van der Waals surface area contributed by atoms with Crippen molar-refractivity contribution in [3.8, 4) is 10.8 Å². The zero-order valence-electron chi connectivity index (χ0n) is 17.2. The molecule has 0 radical (unpaired) electrons. The number of hydrogen-bond acceptors (Lipinski definition) is 6. The highest BCUT2D eigenvalue weighted by Crippen LogP contribution is 2.23. The summed E-state index contributed by atoms with van der Waals surface area (Å²) in [7, 11) is 0. The van der Waals surface area contributed by atoms with Gasteiger partial charge >= 0.3 is 0 Å². The van der Waals surface area contributed by atoms with Crippen LogP contribution in [0.15, 0.2) is 46.2 Å². The van der Waals surface area contributed by atoms with Crippen molar-refractivity contribution >= 4 is 22.9 Å². The van der Waals surface area contributed by atoms with Crippen molar-refractivity contribution in [1.29, 1.82) is 0 Å². The van der Waals surface area contributed by atoms with Crippen molar-refractivity contribution in [2.24, 2.45) is 0 Å². The Kier molecular flexibility index (Phi) is 7.55. The molecule has 2 heterocycles. The number of nitrogens with zero attached hydrogens (tertiary/aromatic N) is 3. The average Bonchev–Trinajstić information content (AvgIpc) is 3.40. The summed E-state index contributed by atoms with van der Waals surface area (Å²) in [5, 5.41) is 13.2. The smallest absolute Gasteiger partial charge is 0.257 e. The molecular formula is C22H28N4O2S. The van der Waals surface area contributed by atoms with Crippen LogP contribution in [0.25, 0.3) is 10.8 Å². The van der Waals surface area contributed by atoms with Gasteiger partial charge in [-0.15, -0.1) is 21.5 Å². The number of carbonyl (C=O) groups excluding carboxylic acids is 1. The van der Waals surface area contributed by atoms with Gasteiger partial charge in [-0.1, -0.05) is 39.0 Å². The molecular weight excluding hydrogens is 384 g/mol. The second kappa shape index (κ2) is 10.3. The molecule has 1 atom stereocenters. The quantitative estimate of drug-likeness (QED) is 0.498. The van der Waals surface area contributed by atoms with Crippen LogP contribution in [0, 0.1) is 0 Å². The molecule has 0 aliphatic rings. The lowest BCUT2D eigenvalue weighted by Crippen LogP contribution is -2.33. The summed E-state index contributed by atoms with van der Waals surface area (Å²) in [6, 6.07) is 12.0. The molecule has 3 aromatic rings. The number of aromatic nitrogens is 2. The Bertz CT molecular complexity index is 890. The van der Waals surface area contributed by atoms with Gasteiger partial charge in [-0.2, -0.15) is 0 Å². The fourth-order valence-corrected chi connectivity index (χ4v) is 3.72. The summed E-state index contributed by atoms with van der Waals surface area (Å²) in [5.74, 6) is 1.52. The molecule has 0 aliphatic carbocycles. The van der Waals surface area contributed by atoms with E-state index in [1.54, 1.807) is 11.3 Å². The maximum Gasteiger partial charge on any atom is 0.257 e. The molecule has 0 bridgehead atoms. The van der Waals surface area contributed by atoms with E-state index in [4.69, 9.17) is 4.42 Å². The van der Waals surface area contributed by atoms with Gasteiger partial charge in [0.25, 0.3) is 5.89 Å². The minimum atomic E-state index is -0.0484. The third kappa shape index (κ3) is 5.98. The molecule has 0 aliphatic heterocycles. The Morgan fingerprint density at radius 1 is 1.21 bits per heavy atom. The van der Waals surface area contributed by atoms with Crippen LogP contribution in [0.4, 0.5) is 5.69 Å². The standard InChI is InChI=1S/C22H28N4O2S/c1-4-12-26(15-21-24-25-22(28-21)19-7-6-13-29-19)14-20(27)23-18-10-8-17(9-11-18)16(3)5-2/h6-11,13,16H,4-5,12,14-15H2,1-3H3,(H,23,27)/t16-/m0/s1. The first kappa shape index (κ1) is 21.2. The summed E-state index contributed by atoms with van der Waals surface area (Å²) >= 11 is 1.56. The Morgan fingerprint density at radius 3 is 2.66 bits per heavy atom. The summed E-state index contributed by atoms with van der Waals surface area (Å²) in [4.78, 5) is 15.5. The lowest BCUT2D eigenvalue weighted by atomic mass is 9.99. The zero-order valence-corrected chi connectivity index (χ0v) is 18.0. The molecule has 29 heavy (non-hydrogen) atoms. The monoisotopic (exact) mass is 412 g/mol. The summed E-state index contributed by atoms with van der Waals surface area (Å²) < 4.78 is 5.77. The lowest BCUT2D eigenvalue weighted by Gasteiger charge is -2.19. The minimum Gasteiger partial charge on any atom is -0.419 e. The molecule has 6 nitrogen and oxygen atoms in total. The molecule has 0 unspecified atom stereocenters. The molecule has 1 N–H and O–H groups in total. The van der Waals surface area contributed by atoms with E-state index in [0.717, 1.165) is 30.0 Å². The first-order valence-electron chi connectivity index (χ1n) is 10.1.